The molecule has 5 rings (SSSR count). The Bertz CT molecular complexity index is 1330. The summed E-state index contributed by atoms with van der Waals surface area (Å²) in [5.74, 6) is -1.45. The Labute approximate surface area is 253 Å². The van der Waals surface area contributed by atoms with Gasteiger partial charge in [-0.05, 0) is 80.6 Å². The van der Waals surface area contributed by atoms with Gasteiger partial charge in [0, 0.05) is 11.4 Å². The quantitative estimate of drug-likeness (QED) is 0.336. The molecule has 0 aliphatic carbocycles. The van der Waals surface area contributed by atoms with E-state index in [4.69, 9.17) is 14.2 Å². The van der Waals surface area contributed by atoms with Crippen molar-refractivity contribution in [3.63, 3.8) is 0 Å². The number of hydrogen-bond donors (Lipinski definition) is 3. The highest BCUT2D eigenvalue weighted by atomic mass is 16.5. The van der Waals surface area contributed by atoms with Gasteiger partial charge in [0.25, 0.3) is 0 Å². The second kappa shape index (κ2) is 12.2. The minimum Gasteiger partial charge on any atom is -0.497 e. The summed E-state index contributed by atoms with van der Waals surface area (Å²) in [6, 6.07) is 12.4. The van der Waals surface area contributed by atoms with Crippen LogP contribution in [0.25, 0.3) is 0 Å². The van der Waals surface area contributed by atoms with Gasteiger partial charge in [-0.3, -0.25) is 14.4 Å². The van der Waals surface area contributed by atoms with Gasteiger partial charge in [-0.25, -0.2) is 0 Å². The van der Waals surface area contributed by atoms with Crippen LogP contribution in [0.4, 0.5) is 11.4 Å². The summed E-state index contributed by atoms with van der Waals surface area (Å²) >= 11 is 0. The molecule has 2 aromatic rings. The van der Waals surface area contributed by atoms with Crippen LogP contribution in [0.3, 0.4) is 0 Å². The molecule has 3 saturated heterocycles. The van der Waals surface area contributed by atoms with Crippen LogP contribution in [-0.2, 0) is 19.1 Å². The topological polar surface area (TPSA) is 126 Å². The Hall–Kier alpha value is -3.63. The van der Waals surface area contributed by atoms with E-state index in [1.54, 1.807) is 55.6 Å². The van der Waals surface area contributed by atoms with Crippen molar-refractivity contribution >= 4 is 29.1 Å². The van der Waals surface area contributed by atoms with Gasteiger partial charge in [-0.1, -0.05) is 27.2 Å². The van der Waals surface area contributed by atoms with Crippen LogP contribution < -0.4 is 20.1 Å². The summed E-state index contributed by atoms with van der Waals surface area (Å²) in [6.45, 7) is 8.03. The molecular weight excluding hydrogens is 550 g/mol. The number of carbonyl (C=O) groups is 3. The number of ether oxygens (including phenoxy) is 3. The lowest BCUT2D eigenvalue weighted by Gasteiger charge is -2.39. The average Bonchev–Trinajstić information content (AvgIpc) is 3.62. The number of rotatable bonds is 12. The number of amides is 3. The highest BCUT2D eigenvalue weighted by molar-refractivity contribution is 6.05. The third-order valence-electron chi connectivity index (χ3n) is 9.79. The van der Waals surface area contributed by atoms with E-state index in [-0.39, 0.29) is 24.3 Å². The van der Waals surface area contributed by atoms with Crippen molar-refractivity contribution in [2.45, 2.75) is 76.7 Å². The molecule has 3 heterocycles. The lowest BCUT2D eigenvalue weighted by Crippen LogP contribution is -2.57. The van der Waals surface area contributed by atoms with E-state index >= 15 is 0 Å². The summed E-state index contributed by atoms with van der Waals surface area (Å²) in [5, 5.41) is 16.5. The number of aliphatic hydroxyl groups excluding tert-OH is 1. The number of hydrogen-bond acceptors (Lipinski definition) is 7. The summed E-state index contributed by atoms with van der Waals surface area (Å²) in [4.78, 5) is 44.3. The average molecular weight is 594 g/mol. The molecule has 0 radical (unpaired) electrons. The number of nitrogens with zero attached hydrogens (tertiary/aromatic N) is 1. The van der Waals surface area contributed by atoms with Crippen LogP contribution in [-0.4, -0.2) is 71.3 Å². The number of nitrogens with one attached hydrogen (secondary N) is 2. The molecule has 1 spiro atoms. The molecule has 3 aliphatic rings. The molecule has 232 valence electrons. The number of carbonyl (C=O) groups excluding carboxylic acids is 3. The molecule has 2 aromatic carbocycles. The number of likely N-dealkylation sites (tertiary alicyclic amines) is 1. The van der Waals surface area contributed by atoms with Gasteiger partial charge in [0.2, 0.25) is 17.7 Å². The van der Waals surface area contributed by atoms with Crippen molar-refractivity contribution in [2.75, 3.05) is 31.0 Å². The maximum atomic E-state index is 14.5. The van der Waals surface area contributed by atoms with Crippen molar-refractivity contribution in [1.29, 1.82) is 0 Å². The predicted molar refractivity (Wildman–Crippen MR) is 162 cm³/mol. The fourth-order valence-electron chi connectivity index (χ4n) is 7.43. The van der Waals surface area contributed by atoms with Crippen LogP contribution in [0.5, 0.6) is 11.5 Å². The molecule has 0 aromatic heterocycles. The maximum absolute atomic E-state index is 14.5. The van der Waals surface area contributed by atoms with E-state index < -0.39 is 41.0 Å². The molecule has 3 fully saturated rings. The van der Waals surface area contributed by atoms with Crippen LogP contribution in [0.15, 0.2) is 48.5 Å². The van der Waals surface area contributed by atoms with E-state index in [0.29, 0.717) is 55.2 Å². The van der Waals surface area contributed by atoms with Gasteiger partial charge in [0.15, 0.2) is 0 Å². The number of benzene rings is 2. The maximum Gasteiger partial charge on any atom is 0.250 e. The molecule has 2 unspecified atom stereocenters. The lowest BCUT2D eigenvalue weighted by atomic mass is 9.65. The highest BCUT2D eigenvalue weighted by Crippen LogP contribution is 2.64. The summed E-state index contributed by atoms with van der Waals surface area (Å²) in [5.41, 5.74) is -0.957. The van der Waals surface area contributed by atoms with E-state index in [9.17, 15) is 19.5 Å². The minimum atomic E-state index is -1.20. The molecule has 0 saturated carbocycles. The van der Waals surface area contributed by atoms with Crippen molar-refractivity contribution < 1.29 is 33.7 Å². The van der Waals surface area contributed by atoms with Crippen LogP contribution >= 0.6 is 0 Å². The van der Waals surface area contributed by atoms with Gasteiger partial charge in [0.1, 0.15) is 23.1 Å². The lowest BCUT2D eigenvalue weighted by molar-refractivity contribution is -0.149. The van der Waals surface area contributed by atoms with Gasteiger partial charge in [-0.2, -0.15) is 0 Å². The van der Waals surface area contributed by atoms with Gasteiger partial charge in [-0.15, -0.1) is 0 Å². The first-order valence-corrected chi connectivity index (χ1v) is 15.3. The largest absolute Gasteiger partial charge is 0.497 e. The molecule has 43 heavy (non-hydrogen) atoms. The Morgan fingerprint density at radius 1 is 1.00 bits per heavy atom. The third kappa shape index (κ3) is 5.14. The second-order valence-corrected chi connectivity index (χ2v) is 11.9. The van der Waals surface area contributed by atoms with Crippen LogP contribution in [0.2, 0.25) is 0 Å². The first-order valence-electron chi connectivity index (χ1n) is 15.3. The first-order chi connectivity index (χ1) is 20.7. The zero-order chi connectivity index (χ0) is 30.9. The monoisotopic (exact) mass is 593 g/mol. The standard InChI is InChI=1S/C33H43N3O7/c1-6-20(4)25(19-37)36-28(30(39)35-22-9-13-23(41-5)14-10-22)33-18-17-32(7-2,43-33)26(27(33)31(36)40)29(38)34-21-11-15-24(16-12-21)42-8-3/h9-16,20,25-28,37H,6-8,17-19H2,1-5H3,(H,34,38)(H,35,39)/t20-,25-,26+,27-,28?,32-,33?/m0/s1. The van der Waals surface area contributed by atoms with Crippen LogP contribution in [0, 0.1) is 17.8 Å². The zero-order valence-corrected chi connectivity index (χ0v) is 25.6. The summed E-state index contributed by atoms with van der Waals surface area (Å²) in [6.07, 6.45) is 2.21. The number of methoxy groups -OCH3 is 1. The third-order valence-corrected chi connectivity index (χ3v) is 9.79. The van der Waals surface area contributed by atoms with Crippen molar-refractivity contribution in [1.82, 2.24) is 4.90 Å². The molecule has 10 nitrogen and oxygen atoms in total. The molecule has 7 atom stereocenters. The smallest absolute Gasteiger partial charge is 0.250 e. The van der Waals surface area contributed by atoms with Crippen molar-refractivity contribution in [2.24, 2.45) is 17.8 Å². The van der Waals surface area contributed by atoms with Crippen molar-refractivity contribution in [3.8, 4) is 11.5 Å². The summed E-state index contributed by atoms with van der Waals surface area (Å²) in [7, 11) is 1.57. The normalized spacial score (nSPS) is 28.7. The fourth-order valence-corrected chi connectivity index (χ4v) is 7.43. The van der Waals surface area contributed by atoms with Crippen LogP contribution in [0.1, 0.15) is 53.4 Å². The van der Waals surface area contributed by atoms with E-state index in [2.05, 4.69) is 10.6 Å². The molecular formula is C33H43N3O7. The van der Waals surface area contributed by atoms with E-state index in [0.717, 1.165) is 0 Å². The number of aliphatic hydroxyl groups is 1. The van der Waals surface area contributed by atoms with E-state index in [1.807, 2.05) is 27.7 Å². The molecule has 3 amide bonds. The SMILES string of the molecule is CCOc1ccc(NC(=O)[C@H]2[C@H]3C(=O)N([C@@H](CO)[C@@H](C)CC)C(C(=O)Nc4ccc(OC)cc4)C34CC[C@]2(CC)O4)cc1. The minimum absolute atomic E-state index is 0.0890. The number of fused-ring (bicyclic) bond motifs is 1. The molecule has 2 bridgehead atoms. The molecule has 3 aliphatic heterocycles. The second-order valence-electron chi connectivity index (χ2n) is 11.9. The Kier molecular flexibility index (Phi) is 8.72. The Balaban J connectivity index is 1.52. The fraction of sp³-hybridized carbons (Fsp3) is 0.545. The highest BCUT2D eigenvalue weighted by Gasteiger charge is 2.79. The summed E-state index contributed by atoms with van der Waals surface area (Å²) < 4.78 is 17.6. The zero-order valence-electron chi connectivity index (χ0n) is 25.6. The number of anilines is 2. The Morgan fingerprint density at radius 2 is 1.60 bits per heavy atom. The molecule has 3 N–H and O–H groups in total. The van der Waals surface area contributed by atoms with E-state index in [1.165, 1.54) is 4.90 Å². The van der Waals surface area contributed by atoms with Gasteiger partial charge >= 0.3 is 0 Å². The Morgan fingerprint density at radius 3 is 2.14 bits per heavy atom. The first kappa shape index (κ1) is 30.8. The molecule has 10 heteroatoms. The van der Waals surface area contributed by atoms with Crippen molar-refractivity contribution in [3.05, 3.63) is 48.5 Å². The predicted octanol–water partition coefficient (Wildman–Crippen LogP) is 4.23. The van der Waals surface area contributed by atoms with Gasteiger partial charge < -0.3 is 34.9 Å². The van der Waals surface area contributed by atoms with Gasteiger partial charge in [0.05, 0.1) is 43.8 Å².